The van der Waals surface area contributed by atoms with Gasteiger partial charge < -0.3 is 43.8 Å². The second-order valence-corrected chi connectivity index (χ2v) is 10.0. The normalized spacial score (nSPS) is 10.8. The van der Waals surface area contributed by atoms with Crippen molar-refractivity contribution in [3.63, 3.8) is 0 Å². The quantitative estimate of drug-likeness (QED) is 0.197. The van der Waals surface area contributed by atoms with E-state index in [-0.39, 0.29) is 25.6 Å². The minimum atomic E-state index is -0.457. The van der Waals surface area contributed by atoms with Gasteiger partial charge in [-0.3, -0.25) is 4.79 Å². The molecule has 1 aromatic heterocycles. The number of para-hydroxylation sites is 1. The molecule has 0 radical (unpaired) electrons. The average molecular weight is 605 g/mol. The van der Waals surface area contributed by atoms with E-state index in [9.17, 15) is 9.59 Å². The second kappa shape index (κ2) is 15.5. The van der Waals surface area contributed by atoms with E-state index in [0.717, 1.165) is 22.0 Å². The molecule has 0 bridgehead atoms. The molecule has 0 spiro atoms. The summed E-state index contributed by atoms with van der Waals surface area (Å²) < 4.78 is 26.8. The van der Waals surface area contributed by atoms with E-state index in [1.54, 1.807) is 51.5 Å². The Labute approximate surface area is 257 Å². The van der Waals surface area contributed by atoms with Crippen molar-refractivity contribution >= 4 is 28.5 Å². The highest BCUT2D eigenvalue weighted by Crippen LogP contribution is 2.30. The van der Waals surface area contributed by atoms with E-state index in [4.69, 9.17) is 23.7 Å². The number of aromatic nitrogens is 1. The number of anilines is 1. The van der Waals surface area contributed by atoms with Crippen LogP contribution in [0.1, 0.15) is 11.1 Å². The maximum atomic E-state index is 13.9. The first-order valence-electron chi connectivity index (χ1n) is 14.2. The van der Waals surface area contributed by atoms with Crippen LogP contribution in [0.25, 0.3) is 10.9 Å². The number of amides is 3. The molecule has 44 heavy (non-hydrogen) atoms. The fourth-order valence-corrected chi connectivity index (χ4v) is 4.90. The van der Waals surface area contributed by atoms with Gasteiger partial charge in [0.05, 0.1) is 40.7 Å². The van der Waals surface area contributed by atoms with Crippen molar-refractivity contribution in [1.82, 2.24) is 14.8 Å². The molecule has 0 saturated carbocycles. The number of carbonyl (C=O) groups is 2. The van der Waals surface area contributed by atoms with Gasteiger partial charge in [-0.2, -0.15) is 0 Å². The number of H-pyrrole nitrogens is 1. The number of nitrogens with one attached hydrogen (secondary N) is 2. The molecule has 0 aliphatic rings. The molecule has 0 saturated heterocycles. The van der Waals surface area contributed by atoms with Gasteiger partial charge in [-0.15, -0.1) is 0 Å². The summed E-state index contributed by atoms with van der Waals surface area (Å²) in [7, 11) is 7.77. The number of methoxy groups -OCH3 is 5. The molecule has 3 aromatic carbocycles. The predicted octanol–water partition coefficient (Wildman–Crippen LogP) is 4.95. The number of rotatable bonds is 15. The summed E-state index contributed by atoms with van der Waals surface area (Å²) in [5.41, 5.74) is 3.46. The molecule has 0 aliphatic heterocycles. The molecule has 0 unspecified atom stereocenters. The summed E-state index contributed by atoms with van der Waals surface area (Å²) in [6.07, 6.45) is 2.60. The second-order valence-electron chi connectivity index (χ2n) is 10.0. The number of benzene rings is 3. The van der Waals surface area contributed by atoms with Crippen LogP contribution in [0.5, 0.6) is 23.0 Å². The van der Waals surface area contributed by atoms with E-state index in [1.165, 1.54) is 12.0 Å². The van der Waals surface area contributed by atoms with Crippen LogP contribution < -0.4 is 24.3 Å². The topological polar surface area (TPSA) is 115 Å². The van der Waals surface area contributed by atoms with Gasteiger partial charge in [-0.05, 0) is 47.9 Å². The van der Waals surface area contributed by atoms with E-state index in [2.05, 4.69) is 16.4 Å². The van der Waals surface area contributed by atoms with Crippen molar-refractivity contribution in [1.29, 1.82) is 0 Å². The SMILES string of the molecule is COCCN(CC(=O)N(CCc1c[nH]c2ccccc12)Cc1ccc(OC)c(OC)c1)C(=O)Nc1ccc(OC)cc1OC. The Balaban J connectivity index is 1.56. The Morgan fingerprint density at radius 2 is 1.57 bits per heavy atom. The number of carbonyl (C=O) groups excluding carboxylic acids is 2. The molecule has 0 aliphatic carbocycles. The van der Waals surface area contributed by atoms with Crippen molar-refractivity contribution < 1.29 is 33.3 Å². The Morgan fingerprint density at radius 1 is 0.795 bits per heavy atom. The summed E-state index contributed by atoms with van der Waals surface area (Å²) in [6.45, 7) is 1.05. The first-order valence-corrected chi connectivity index (χ1v) is 14.2. The van der Waals surface area contributed by atoms with E-state index >= 15 is 0 Å². The Bertz CT molecular complexity index is 1550. The Kier molecular flexibility index (Phi) is 11.3. The molecule has 3 amide bonds. The molecule has 0 fully saturated rings. The van der Waals surface area contributed by atoms with Gasteiger partial charge in [0.2, 0.25) is 5.91 Å². The zero-order valence-electron chi connectivity index (χ0n) is 25.8. The highest BCUT2D eigenvalue weighted by molar-refractivity contribution is 5.93. The molecule has 11 heteroatoms. The smallest absolute Gasteiger partial charge is 0.322 e. The van der Waals surface area contributed by atoms with E-state index in [0.29, 0.717) is 48.2 Å². The van der Waals surface area contributed by atoms with Crippen molar-refractivity contribution in [2.75, 3.05) is 67.1 Å². The van der Waals surface area contributed by atoms with E-state index < -0.39 is 6.03 Å². The first-order chi connectivity index (χ1) is 21.4. The van der Waals surface area contributed by atoms with Crippen LogP contribution in [-0.2, 0) is 22.5 Å². The number of aromatic amines is 1. The molecule has 4 rings (SSSR count). The first kappa shape index (κ1) is 32.0. The molecule has 234 valence electrons. The summed E-state index contributed by atoms with van der Waals surface area (Å²) in [5.74, 6) is 1.98. The van der Waals surface area contributed by atoms with Crippen molar-refractivity contribution in [2.45, 2.75) is 13.0 Å². The summed E-state index contributed by atoms with van der Waals surface area (Å²) in [5, 5.41) is 3.98. The molecule has 4 aromatic rings. The molecule has 11 nitrogen and oxygen atoms in total. The van der Waals surface area contributed by atoms with E-state index in [1.807, 2.05) is 42.6 Å². The number of urea groups is 1. The summed E-state index contributed by atoms with van der Waals surface area (Å²) in [4.78, 5) is 33.9. The minimum absolute atomic E-state index is 0.158. The maximum absolute atomic E-state index is 13.9. The lowest BCUT2D eigenvalue weighted by molar-refractivity contribution is -0.132. The lowest BCUT2D eigenvalue weighted by atomic mass is 10.1. The third kappa shape index (κ3) is 7.93. The van der Waals surface area contributed by atoms with Crippen molar-refractivity contribution in [3.8, 4) is 23.0 Å². The van der Waals surface area contributed by atoms with Crippen LogP contribution in [-0.4, -0.2) is 88.5 Å². The third-order valence-electron chi connectivity index (χ3n) is 7.33. The molecule has 2 N–H and O–H groups in total. The number of nitrogens with zero attached hydrogens (tertiary/aromatic N) is 2. The Hall–Kier alpha value is -4.90. The minimum Gasteiger partial charge on any atom is -0.497 e. The van der Waals surface area contributed by atoms with Gasteiger partial charge in [-0.25, -0.2) is 4.79 Å². The van der Waals surface area contributed by atoms with Crippen LogP contribution in [0.4, 0.5) is 10.5 Å². The lowest BCUT2D eigenvalue weighted by Gasteiger charge is -2.28. The number of hydrogen-bond acceptors (Lipinski definition) is 7. The predicted molar refractivity (Wildman–Crippen MR) is 169 cm³/mol. The standard InChI is InChI=1S/C33H40N4O7/c1-40-17-16-37(33(39)35-28-12-11-25(41-2)19-30(28)43-4)22-32(38)36(21-23-10-13-29(42-3)31(18-23)44-5)15-14-24-20-34-27-9-7-6-8-26(24)27/h6-13,18-20,34H,14-17,21-22H2,1-5H3,(H,35,39). The third-order valence-corrected chi connectivity index (χ3v) is 7.33. The van der Waals surface area contributed by atoms with Crippen molar-refractivity contribution in [3.05, 3.63) is 78.0 Å². The summed E-state index contributed by atoms with van der Waals surface area (Å²) >= 11 is 0. The van der Waals surface area contributed by atoms with Gasteiger partial charge in [0, 0.05) is 49.9 Å². The molecular formula is C33H40N4O7. The lowest BCUT2D eigenvalue weighted by Crippen LogP contribution is -2.46. The largest absolute Gasteiger partial charge is 0.497 e. The molecular weight excluding hydrogens is 564 g/mol. The van der Waals surface area contributed by atoms with Gasteiger partial charge in [-0.1, -0.05) is 24.3 Å². The zero-order chi connectivity index (χ0) is 31.5. The molecule has 1 heterocycles. The van der Waals surface area contributed by atoms with Crippen LogP contribution in [0.3, 0.4) is 0 Å². The van der Waals surface area contributed by atoms with Gasteiger partial charge in [0.15, 0.2) is 11.5 Å². The van der Waals surface area contributed by atoms with Gasteiger partial charge >= 0.3 is 6.03 Å². The number of hydrogen-bond donors (Lipinski definition) is 2. The van der Waals surface area contributed by atoms with Crippen LogP contribution in [0.15, 0.2) is 66.9 Å². The van der Waals surface area contributed by atoms with Crippen LogP contribution in [0, 0.1) is 0 Å². The van der Waals surface area contributed by atoms with Crippen LogP contribution >= 0.6 is 0 Å². The zero-order valence-corrected chi connectivity index (χ0v) is 25.8. The highest BCUT2D eigenvalue weighted by Gasteiger charge is 2.23. The number of fused-ring (bicyclic) bond motifs is 1. The maximum Gasteiger partial charge on any atom is 0.322 e. The Morgan fingerprint density at radius 3 is 2.30 bits per heavy atom. The average Bonchev–Trinajstić information content (AvgIpc) is 3.47. The van der Waals surface area contributed by atoms with Gasteiger partial charge in [0.1, 0.15) is 18.0 Å². The van der Waals surface area contributed by atoms with Crippen molar-refractivity contribution in [2.24, 2.45) is 0 Å². The monoisotopic (exact) mass is 604 g/mol. The fraction of sp³-hybridized carbons (Fsp3) is 0.333. The highest BCUT2D eigenvalue weighted by atomic mass is 16.5. The van der Waals surface area contributed by atoms with Crippen LogP contribution in [0.2, 0.25) is 0 Å². The van der Waals surface area contributed by atoms with Gasteiger partial charge in [0.25, 0.3) is 0 Å². The summed E-state index contributed by atoms with van der Waals surface area (Å²) in [6, 6.07) is 18.3. The molecule has 0 atom stereocenters. The number of ether oxygens (including phenoxy) is 5. The fourth-order valence-electron chi connectivity index (χ4n) is 4.90.